The van der Waals surface area contributed by atoms with Gasteiger partial charge in [0.2, 0.25) is 10.0 Å². The molecule has 0 bridgehead atoms. The van der Waals surface area contributed by atoms with E-state index in [1.165, 1.54) is 0 Å². The minimum Gasteiger partial charge on any atom is -0.337 e. The van der Waals surface area contributed by atoms with Gasteiger partial charge in [-0.3, -0.25) is 4.79 Å². The SMILES string of the molecule is CN(Cc1ccsc1)C(=O)c1ccc(CCNS(C)(=O)=O)cc1. The van der Waals surface area contributed by atoms with Gasteiger partial charge < -0.3 is 4.90 Å². The summed E-state index contributed by atoms with van der Waals surface area (Å²) in [6.07, 6.45) is 1.73. The number of carbonyl (C=O) groups is 1. The summed E-state index contributed by atoms with van der Waals surface area (Å²) in [5.74, 6) is -0.0305. The number of carbonyl (C=O) groups excluding carboxylic acids is 1. The van der Waals surface area contributed by atoms with Crippen molar-refractivity contribution >= 4 is 27.3 Å². The van der Waals surface area contributed by atoms with Crippen LogP contribution in [-0.4, -0.2) is 39.1 Å². The van der Waals surface area contributed by atoms with Crippen LogP contribution >= 0.6 is 11.3 Å². The molecule has 0 aliphatic rings. The van der Waals surface area contributed by atoms with Crippen molar-refractivity contribution in [2.75, 3.05) is 19.8 Å². The van der Waals surface area contributed by atoms with Gasteiger partial charge in [-0.15, -0.1) is 0 Å². The van der Waals surface area contributed by atoms with E-state index in [-0.39, 0.29) is 5.91 Å². The monoisotopic (exact) mass is 352 g/mol. The first-order chi connectivity index (χ1) is 10.8. The zero-order chi connectivity index (χ0) is 16.9. The van der Waals surface area contributed by atoms with Crippen molar-refractivity contribution in [3.8, 4) is 0 Å². The van der Waals surface area contributed by atoms with E-state index >= 15 is 0 Å². The second kappa shape index (κ2) is 7.72. The zero-order valence-corrected chi connectivity index (χ0v) is 14.8. The van der Waals surface area contributed by atoms with Crippen molar-refractivity contribution in [2.24, 2.45) is 0 Å². The standard InChI is InChI=1S/C16H20N2O3S2/c1-18(11-14-8-10-22-12-14)16(19)15-5-3-13(4-6-15)7-9-17-23(2,20)21/h3-6,8,10,12,17H,7,9,11H2,1-2H3. The quantitative estimate of drug-likeness (QED) is 0.830. The third-order valence-electron chi connectivity index (χ3n) is 3.33. The summed E-state index contributed by atoms with van der Waals surface area (Å²) in [5.41, 5.74) is 2.73. The number of thiophene rings is 1. The van der Waals surface area contributed by atoms with Crippen molar-refractivity contribution in [3.63, 3.8) is 0 Å². The Morgan fingerprint density at radius 3 is 2.43 bits per heavy atom. The Labute approximate surface area is 141 Å². The average Bonchev–Trinajstić information content (AvgIpc) is 2.99. The fourth-order valence-corrected chi connectivity index (χ4v) is 3.28. The van der Waals surface area contributed by atoms with Crippen molar-refractivity contribution in [2.45, 2.75) is 13.0 Å². The van der Waals surface area contributed by atoms with Crippen LogP contribution in [0.15, 0.2) is 41.1 Å². The van der Waals surface area contributed by atoms with Crippen LogP contribution in [0.1, 0.15) is 21.5 Å². The van der Waals surface area contributed by atoms with E-state index in [1.54, 1.807) is 35.4 Å². The minimum absolute atomic E-state index is 0.0305. The molecule has 2 rings (SSSR count). The number of nitrogens with one attached hydrogen (secondary N) is 1. The lowest BCUT2D eigenvalue weighted by Crippen LogP contribution is -2.26. The maximum absolute atomic E-state index is 12.4. The Hall–Kier alpha value is -1.70. The van der Waals surface area contributed by atoms with Gasteiger partial charge in [0.1, 0.15) is 0 Å². The van der Waals surface area contributed by atoms with Crippen molar-refractivity contribution in [3.05, 3.63) is 57.8 Å². The minimum atomic E-state index is -3.16. The normalized spacial score (nSPS) is 11.4. The molecule has 0 fully saturated rings. The number of nitrogens with zero attached hydrogens (tertiary/aromatic N) is 1. The summed E-state index contributed by atoms with van der Waals surface area (Å²) >= 11 is 1.61. The molecule has 1 amide bonds. The zero-order valence-electron chi connectivity index (χ0n) is 13.2. The fourth-order valence-electron chi connectivity index (χ4n) is 2.14. The lowest BCUT2D eigenvalue weighted by atomic mass is 10.1. The molecule has 0 spiro atoms. The van der Waals surface area contributed by atoms with Crippen LogP contribution in [0.25, 0.3) is 0 Å². The van der Waals surface area contributed by atoms with Crippen LogP contribution in [0.5, 0.6) is 0 Å². The van der Waals surface area contributed by atoms with E-state index in [0.717, 1.165) is 17.4 Å². The smallest absolute Gasteiger partial charge is 0.253 e. The van der Waals surface area contributed by atoms with Gasteiger partial charge in [-0.1, -0.05) is 12.1 Å². The van der Waals surface area contributed by atoms with Crippen LogP contribution in [0.4, 0.5) is 0 Å². The van der Waals surface area contributed by atoms with Gasteiger partial charge in [-0.25, -0.2) is 13.1 Å². The van der Waals surface area contributed by atoms with Crippen LogP contribution in [0, 0.1) is 0 Å². The van der Waals surface area contributed by atoms with Gasteiger partial charge in [-0.2, -0.15) is 11.3 Å². The third-order valence-corrected chi connectivity index (χ3v) is 4.79. The Morgan fingerprint density at radius 2 is 1.87 bits per heavy atom. The predicted octanol–water partition coefficient (Wildman–Crippen LogP) is 2.11. The molecule has 1 aromatic carbocycles. The number of amides is 1. The highest BCUT2D eigenvalue weighted by Gasteiger charge is 2.12. The van der Waals surface area contributed by atoms with Gasteiger partial charge in [0.15, 0.2) is 0 Å². The second-order valence-electron chi connectivity index (χ2n) is 5.41. The van der Waals surface area contributed by atoms with E-state index < -0.39 is 10.0 Å². The van der Waals surface area contributed by atoms with Crippen molar-refractivity contribution < 1.29 is 13.2 Å². The third kappa shape index (κ3) is 5.78. The van der Waals surface area contributed by atoms with E-state index in [2.05, 4.69) is 4.72 Å². The van der Waals surface area contributed by atoms with Gasteiger partial charge in [0, 0.05) is 25.7 Å². The van der Waals surface area contributed by atoms with Crippen LogP contribution < -0.4 is 4.72 Å². The van der Waals surface area contributed by atoms with E-state index in [1.807, 2.05) is 29.0 Å². The number of hydrogen-bond acceptors (Lipinski definition) is 4. The highest BCUT2D eigenvalue weighted by atomic mass is 32.2. The lowest BCUT2D eigenvalue weighted by molar-refractivity contribution is 0.0785. The summed E-state index contributed by atoms with van der Waals surface area (Å²) in [6.45, 7) is 0.937. The van der Waals surface area contributed by atoms with Gasteiger partial charge in [0.05, 0.1) is 6.26 Å². The average molecular weight is 352 g/mol. The first-order valence-corrected chi connectivity index (χ1v) is 9.99. The molecule has 23 heavy (non-hydrogen) atoms. The molecule has 0 atom stereocenters. The molecule has 0 saturated carbocycles. The molecule has 1 N–H and O–H groups in total. The van der Waals surface area contributed by atoms with E-state index in [0.29, 0.717) is 25.1 Å². The van der Waals surface area contributed by atoms with Crippen molar-refractivity contribution in [1.82, 2.24) is 9.62 Å². The first-order valence-electron chi connectivity index (χ1n) is 7.15. The number of benzene rings is 1. The lowest BCUT2D eigenvalue weighted by Gasteiger charge is -2.16. The molecular weight excluding hydrogens is 332 g/mol. The van der Waals surface area contributed by atoms with Gasteiger partial charge in [-0.05, 0) is 46.5 Å². The van der Waals surface area contributed by atoms with Crippen LogP contribution in [-0.2, 0) is 23.0 Å². The largest absolute Gasteiger partial charge is 0.337 e. The summed E-state index contributed by atoms with van der Waals surface area (Å²) in [7, 11) is -1.38. The van der Waals surface area contributed by atoms with E-state index in [4.69, 9.17) is 0 Å². The Morgan fingerprint density at radius 1 is 1.17 bits per heavy atom. The maximum Gasteiger partial charge on any atom is 0.253 e. The molecule has 124 valence electrons. The molecule has 0 radical (unpaired) electrons. The van der Waals surface area contributed by atoms with Crippen molar-refractivity contribution in [1.29, 1.82) is 0 Å². The second-order valence-corrected chi connectivity index (χ2v) is 8.02. The Bertz CT molecular complexity index is 738. The van der Waals surface area contributed by atoms with Gasteiger partial charge >= 0.3 is 0 Å². The highest BCUT2D eigenvalue weighted by Crippen LogP contribution is 2.12. The highest BCUT2D eigenvalue weighted by molar-refractivity contribution is 7.88. The first kappa shape index (κ1) is 17.7. The molecule has 1 aromatic heterocycles. The molecule has 5 nitrogen and oxygen atoms in total. The molecule has 0 aliphatic carbocycles. The molecular formula is C16H20N2O3S2. The molecule has 2 aromatic rings. The summed E-state index contributed by atoms with van der Waals surface area (Å²) in [4.78, 5) is 14.0. The molecule has 0 aliphatic heterocycles. The predicted molar refractivity (Wildman–Crippen MR) is 93.1 cm³/mol. The number of sulfonamides is 1. The topological polar surface area (TPSA) is 66.5 Å². The molecule has 7 heteroatoms. The molecule has 0 saturated heterocycles. The summed E-state index contributed by atoms with van der Waals surface area (Å²) in [6, 6.07) is 9.28. The number of rotatable bonds is 7. The maximum atomic E-state index is 12.4. The summed E-state index contributed by atoms with van der Waals surface area (Å²) in [5, 5.41) is 4.02. The summed E-state index contributed by atoms with van der Waals surface area (Å²) < 4.78 is 24.5. The van der Waals surface area contributed by atoms with Crippen LogP contribution in [0.3, 0.4) is 0 Å². The van der Waals surface area contributed by atoms with E-state index in [9.17, 15) is 13.2 Å². The molecule has 1 heterocycles. The number of hydrogen-bond donors (Lipinski definition) is 1. The van der Waals surface area contributed by atoms with Gasteiger partial charge in [0.25, 0.3) is 5.91 Å². The Kier molecular flexibility index (Phi) is 5.92. The van der Waals surface area contributed by atoms with Crippen LogP contribution in [0.2, 0.25) is 0 Å². The Balaban J connectivity index is 1.91. The molecule has 0 unspecified atom stereocenters. The fraction of sp³-hybridized carbons (Fsp3) is 0.312.